The smallest absolute Gasteiger partial charge is 0.341 e. The number of anilines is 1. The summed E-state index contributed by atoms with van der Waals surface area (Å²) in [5.41, 5.74) is -0.0544. The predicted octanol–water partition coefficient (Wildman–Crippen LogP) is 1.51. The second-order valence-corrected chi connectivity index (χ2v) is 7.73. The predicted molar refractivity (Wildman–Crippen MR) is 113 cm³/mol. The summed E-state index contributed by atoms with van der Waals surface area (Å²) in [5.74, 6) is -2.74. The first-order valence-electron chi connectivity index (χ1n) is 9.58. The van der Waals surface area contributed by atoms with Crippen molar-refractivity contribution in [3.8, 4) is 0 Å². The van der Waals surface area contributed by atoms with Crippen LogP contribution in [0, 0.1) is 6.92 Å². The van der Waals surface area contributed by atoms with Crippen molar-refractivity contribution in [1.82, 2.24) is 9.78 Å². The molecule has 2 aromatic heterocycles. The lowest BCUT2D eigenvalue weighted by atomic mass is 10.1. The number of aromatic carboxylic acids is 1. The largest absolute Gasteiger partial charge is 0.543 e. The molecule has 0 saturated carbocycles. The number of thiophene rings is 1. The number of fused-ring (bicyclic) bond motifs is 1. The molecule has 2 heterocycles. The summed E-state index contributed by atoms with van der Waals surface area (Å²) in [6, 6.07) is 6.06. The highest BCUT2D eigenvalue weighted by molar-refractivity contribution is 7.17. The highest BCUT2D eigenvalue weighted by Gasteiger charge is 2.23. The van der Waals surface area contributed by atoms with Crippen LogP contribution in [-0.2, 0) is 22.5 Å². The van der Waals surface area contributed by atoms with Crippen molar-refractivity contribution in [3.63, 3.8) is 0 Å². The minimum absolute atomic E-state index is 0.108. The van der Waals surface area contributed by atoms with Crippen molar-refractivity contribution in [2.45, 2.75) is 33.7 Å². The molecule has 3 aromatic rings. The van der Waals surface area contributed by atoms with Crippen LogP contribution >= 0.6 is 11.3 Å². The van der Waals surface area contributed by atoms with Gasteiger partial charge in [0.05, 0.1) is 23.5 Å². The van der Waals surface area contributed by atoms with E-state index in [1.807, 2.05) is 6.92 Å². The normalized spacial score (nSPS) is 10.8. The average Bonchev–Trinajstić information content (AvgIpc) is 3.04. The number of amides is 1. The standard InChI is InChI=1S/C21H21N3O6S/c1-4-14-11(3)16(21(29)30-5-2)18(31-14)22-15(25)10-24-19(26)13-9-7-6-8-12(13)17(23-24)20(27)28/h6-9H,4-5,10H2,1-3H3,(H,22,25)(H,27,28)/p-1. The van der Waals surface area contributed by atoms with Gasteiger partial charge < -0.3 is 20.0 Å². The molecule has 0 fully saturated rings. The van der Waals surface area contributed by atoms with Crippen LogP contribution in [0.2, 0.25) is 0 Å². The van der Waals surface area contributed by atoms with Crippen LogP contribution in [0.3, 0.4) is 0 Å². The SMILES string of the molecule is CCOC(=O)c1c(NC(=O)Cn2nc(C(=O)[O-])c3ccccc3c2=O)sc(CC)c1C. The molecular formula is C21H20N3O6S-. The number of benzene rings is 1. The van der Waals surface area contributed by atoms with Crippen molar-refractivity contribution in [3.05, 3.63) is 56.3 Å². The van der Waals surface area contributed by atoms with E-state index in [9.17, 15) is 24.3 Å². The van der Waals surface area contributed by atoms with Gasteiger partial charge in [0.15, 0.2) is 0 Å². The molecular weight excluding hydrogens is 422 g/mol. The Bertz CT molecular complexity index is 1240. The summed E-state index contributed by atoms with van der Waals surface area (Å²) in [7, 11) is 0. The van der Waals surface area contributed by atoms with E-state index in [1.165, 1.54) is 23.5 Å². The maximum Gasteiger partial charge on any atom is 0.341 e. The number of nitrogens with one attached hydrogen (secondary N) is 1. The number of hydrogen-bond acceptors (Lipinski definition) is 8. The molecule has 1 amide bonds. The van der Waals surface area contributed by atoms with Gasteiger partial charge in [-0.3, -0.25) is 9.59 Å². The zero-order valence-corrected chi connectivity index (χ0v) is 18.0. The monoisotopic (exact) mass is 442 g/mol. The summed E-state index contributed by atoms with van der Waals surface area (Å²) in [6.07, 6.45) is 0.666. The number of aryl methyl sites for hydroxylation is 1. The molecule has 31 heavy (non-hydrogen) atoms. The Morgan fingerprint density at radius 3 is 2.48 bits per heavy atom. The number of carboxylic acid groups (broad SMARTS) is 1. The van der Waals surface area contributed by atoms with E-state index >= 15 is 0 Å². The number of hydrogen-bond donors (Lipinski definition) is 1. The van der Waals surface area contributed by atoms with Crippen molar-refractivity contribution in [2.24, 2.45) is 0 Å². The molecule has 0 spiro atoms. The quantitative estimate of drug-likeness (QED) is 0.549. The summed E-state index contributed by atoms with van der Waals surface area (Å²) < 4.78 is 5.87. The van der Waals surface area contributed by atoms with Gasteiger partial charge in [-0.15, -0.1) is 11.3 Å². The van der Waals surface area contributed by atoms with Crippen molar-refractivity contribution in [2.75, 3.05) is 11.9 Å². The molecule has 1 N–H and O–H groups in total. The van der Waals surface area contributed by atoms with Gasteiger partial charge in [-0.1, -0.05) is 25.1 Å². The van der Waals surface area contributed by atoms with Gasteiger partial charge in [0.1, 0.15) is 17.2 Å². The molecule has 1 aromatic carbocycles. The zero-order chi connectivity index (χ0) is 22.7. The van der Waals surface area contributed by atoms with Crippen molar-refractivity contribution < 1.29 is 24.2 Å². The molecule has 0 bridgehead atoms. The van der Waals surface area contributed by atoms with Crippen LogP contribution < -0.4 is 16.0 Å². The molecule has 0 aliphatic carbocycles. The third-order valence-corrected chi connectivity index (χ3v) is 6.01. The van der Waals surface area contributed by atoms with Crippen molar-refractivity contribution in [1.29, 1.82) is 0 Å². The number of carbonyl (C=O) groups excluding carboxylic acids is 3. The molecule has 0 aliphatic heterocycles. The maximum absolute atomic E-state index is 12.7. The minimum atomic E-state index is -1.56. The van der Waals surface area contributed by atoms with Gasteiger partial charge in [0.25, 0.3) is 5.56 Å². The van der Waals surface area contributed by atoms with Crippen LogP contribution in [0.4, 0.5) is 5.00 Å². The fraction of sp³-hybridized carbons (Fsp3) is 0.286. The summed E-state index contributed by atoms with van der Waals surface area (Å²) in [5, 5.41) is 18.5. The van der Waals surface area contributed by atoms with Crippen LogP contribution in [0.1, 0.15) is 45.1 Å². The third-order valence-electron chi connectivity index (χ3n) is 4.65. The molecule has 9 nitrogen and oxygen atoms in total. The second-order valence-electron chi connectivity index (χ2n) is 6.62. The number of aromatic nitrogens is 2. The fourth-order valence-corrected chi connectivity index (χ4v) is 4.38. The molecule has 0 saturated heterocycles. The Labute approximate surface area is 181 Å². The number of carboxylic acids is 1. The third kappa shape index (κ3) is 4.33. The Kier molecular flexibility index (Phi) is 6.50. The molecule has 0 aliphatic rings. The topological polar surface area (TPSA) is 130 Å². The van der Waals surface area contributed by atoms with Gasteiger partial charge in [-0.05, 0) is 31.9 Å². The Hall–Kier alpha value is -3.53. The lowest BCUT2D eigenvalue weighted by Gasteiger charge is -2.12. The van der Waals surface area contributed by atoms with Gasteiger partial charge in [0, 0.05) is 10.3 Å². The summed E-state index contributed by atoms with van der Waals surface area (Å²) >= 11 is 1.25. The fourth-order valence-electron chi connectivity index (χ4n) is 3.23. The summed E-state index contributed by atoms with van der Waals surface area (Å²) in [6.45, 7) is 5.04. The second kappa shape index (κ2) is 9.09. The van der Waals surface area contributed by atoms with E-state index in [0.29, 0.717) is 11.4 Å². The van der Waals surface area contributed by atoms with E-state index in [1.54, 1.807) is 26.0 Å². The van der Waals surface area contributed by atoms with E-state index in [0.717, 1.165) is 15.1 Å². The first-order valence-corrected chi connectivity index (χ1v) is 10.4. The van der Waals surface area contributed by atoms with Crippen molar-refractivity contribution >= 4 is 45.0 Å². The number of nitrogens with zero attached hydrogens (tertiary/aromatic N) is 2. The van der Waals surface area contributed by atoms with E-state index < -0.39 is 35.6 Å². The lowest BCUT2D eigenvalue weighted by molar-refractivity contribution is -0.255. The van der Waals surface area contributed by atoms with Crippen LogP contribution in [0.25, 0.3) is 10.8 Å². The molecule has 0 radical (unpaired) electrons. The molecule has 0 atom stereocenters. The molecule has 162 valence electrons. The van der Waals surface area contributed by atoms with Gasteiger partial charge in [-0.25, -0.2) is 9.48 Å². The number of carbonyl (C=O) groups is 3. The van der Waals surface area contributed by atoms with Gasteiger partial charge >= 0.3 is 5.97 Å². The first-order chi connectivity index (χ1) is 14.8. The Balaban J connectivity index is 1.96. The van der Waals surface area contributed by atoms with Gasteiger partial charge in [0.2, 0.25) is 5.91 Å². The van der Waals surface area contributed by atoms with Crippen LogP contribution in [-0.4, -0.2) is 34.2 Å². The van der Waals surface area contributed by atoms with Crippen LogP contribution in [0.15, 0.2) is 29.1 Å². The van der Waals surface area contributed by atoms with Gasteiger partial charge in [-0.2, -0.15) is 5.10 Å². The number of esters is 1. The average molecular weight is 442 g/mol. The summed E-state index contributed by atoms with van der Waals surface area (Å²) in [4.78, 5) is 50.1. The molecule has 0 unspecified atom stereocenters. The lowest BCUT2D eigenvalue weighted by Crippen LogP contribution is -2.34. The zero-order valence-electron chi connectivity index (χ0n) is 17.2. The first kappa shape index (κ1) is 22.2. The maximum atomic E-state index is 12.7. The van der Waals surface area contributed by atoms with E-state index in [4.69, 9.17) is 4.74 Å². The van der Waals surface area contributed by atoms with E-state index in [-0.39, 0.29) is 22.9 Å². The Morgan fingerprint density at radius 2 is 1.87 bits per heavy atom. The molecule has 3 rings (SSSR count). The Morgan fingerprint density at radius 1 is 1.19 bits per heavy atom. The van der Waals surface area contributed by atoms with E-state index in [2.05, 4.69) is 10.4 Å². The highest BCUT2D eigenvalue weighted by Crippen LogP contribution is 2.34. The minimum Gasteiger partial charge on any atom is -0.543 e. The highest BCUT2D eigenvalue weighted by atomic mass is 32.1. The number of rotatable bonds is 7. The number of ether oxygens (including phenoxy) is 1. The molecule has 10 heteroatoms. The van der Waals surface area contributed by atoms with Crippen LogP contribution in [0.5, 0.6) is 0 Å².